The van der Waals surface area contributed by atoms with Gasteiger partial charge < -0.3 is 0 Å². The first kappa shape index (κ1) is 11.4. The molecule has 0 spiro atoms. The highest BCUT2D eigenvalue weighted by atomic mass is 35.5. The molecule has 1 aromatic carbocycles. The van der Waals surface area contributed by atoms with Gasteiger partial charge in [0, 0.05) is 17.0 Å². The maximum absolute atomic E-state index is 12.0. The zero-order valence-electron chi connectivity index (χ0n) is 8.87. The number of Topliss-reactive ketones (excluding diaryl/α,β-unsaturated/α-hetero) is 1. The molecule has 82 valence electrons. The van der Waals surface area contributed by atoms with Gasteiger partial charge >= 0.3 is 0 Å². The van der Waals surface area contributed by atoms with E-state index in [2.05, 4.69) is 0 Å². The van der Waals surface area contributed by atoms with Crippen LogP contribution in [0.15, 0.2) is 35.0 Å². The molecule has 0 aliphatic heterocycles. The molecule has 0 N–H and O–H groups in total. The zero-order chi connectivity index (χ0) is 11.5. The van der Waals surface area contributed by atoms with Crippen molar-refractivity contribution in [1.82, 2.24) is 0 Å². The second-order valence-electron chi connectivity index (χ2n) is 3.69. The number of thiophene rings is 1. The number of carbonyl (C=O) groups is 1. The Balaban J connectivity index is 2.24. The second kappa shape index (κ2) is 4.81. The van der Waals surface area contributed by atoms with Crippen molar-refractivity contribution < 1.29 is 4.79 Å². The van der Waals surface area contributed by atoms with Gasteiger partial charge in [0.25, 0.3) is 0 Å². The molecular weight excluding hydrogens is 240 g/mol. The molecule has 16 heavy (non-hydrogen) atoms. The quantitative estimate of drug-likeness (QED) is 0.749. The van der Waals surface area contributed by atoms with Gasteiger partial charge in [0.15, 0.2) is 5.78 Å². The second-order valence-corrected chi connectivity index (χ2v) is 4.91. The first-order valence-electron chi connectivity index (χ1n) is 4.97. The topological polar surface area (TPSA) is 17.1 Å². The molecule has 0 radical (unpaired) electrons. The summed E-state index contributed by atoms with van der Waals surface area (Å²) in [5.74, 6) is 0.124. The predicted octanol–water partition coefficient (Wildman–Crippen LogP) is 4.14. The SMILES string of the molecule is Cc1ccc(Cl)cc1C(=O)Cc1ccsc1. The summed E-state index contributed by atoms with van der Waals surface area (Å²) < 4.78 is 0. The highest BCUT2D eigenvalue weighted by molar-refractivity contribution is 7.08. The van der Waals surface area contributed by atoms with E-state index in [9.17, 15) is 4.79 Å². The van der Waals surface area contributed by atoms with Crippen LogP contribution >= 0.6 is 22.9 Å². The van der Waals surface area contributed by atoms with Gasteiger partial charge in [0.05, 0.1) is 0 Å². The zero-order valence-corrected chi connectivity index (χ0v) is 10.4. The van der Waals surface area contributed by atoms with Gasteiger partial charge in [0.2, 0.25) is 0 Å². The van der Waals surface area contributed by atoms with Crippen LogP contribution in [0.5, 0.6) is 0 Å². The minimum Gasteiger partial charge on any atom is -0.294 e. The van der Waals surface area contributed by atoms with Crippen LogP contribution < -0.4 is 0 Å². The Kier molecular flexibility index (Phi) is 3.42. The molecule has 0 unspecified atom stereocenters. The van der Waals surface area contributed by atoms with Crippen molar-refractivity contribution in [3.8, 4) is 0 Å². The van der Waals surface area contributed by atoms with Gasteiger partial charge in [0.1, 0.15) is 0 Å². The molecule has 0 atom stereocenters. The minimum atomic E-state index is 0.124. The van der Waals surface area contributed by atoms with Crippen molar-refractivity contribution in [2.75, 3.05) is 0 Å². The fourth-order valence-electron chi connectivity index (χ4n) is 1.57. The standard InChI is InChI=1S/C13H11ClOS/c1-9-2-3-11(14)7-12(9)13(15)6-10-4-5-16-8-10/h2-5,7-8H,6H2,1H3. The summed E-state index contributed by atoms with van der Waals surface area (Å²) in [6, 6.07) is 7.40. The van der Waals surface area contributed by atoms with Gasteiger partial charge in [-0.3, -0.25) is 4.79 Å². The summed E-state index contributed by atoms with van der Waals surface area (Å²) in [6.45, 7) is 1.93. The molecule has 0 aliphatic rings. The Morgan fingerprint density at radius 3 is 2.88 bits per heavy atom. The van der Waals surface area contributed by atoms with Crippen LogP contribution in [0, 0.1) is 6.92 Å². The van der Waals surface area contributed by atoms with E-state index in [1.807, 2.05) is 29.8 Å². The number of rotatable bonds is 3. The number of hydrogen-bond acceptors (Lipinski definition) is 2. The first-order valence-corrected chi connectivity index (χ1v) is 6.29. The van der Waals surface area contributed by atoms with Crippen LogP contribution in [0.1, 0.15) is 21.5 Å². The van der Waals surface area contributed by atoms with Gasteiger partial charge in [-0.25, -0.2) is 0 Å². The minimum absolute atomic E-state index is 0.124. The van der Waals surface area contributed by atoms with Crippen molar-refractivity contribution in [3.63, 3.8) is 0 Å². The largest absolute Gasteiger partial charge is 0.294 e. The summed E-state index contributed by atoms with van der Waals surface area (Å²) in [5, 5.41) is 4.59. The number of ketones is 1. The number of carbonyl (C=O) groups excluding carboxylic acids is 1. The fraction of sp³-hybridized carbons (Fsp3) is 0.154. The Bertz CT molecular complexity index is 503. The molecule has 1 nitrogen and oxygen atoms in total. The van der Waals surface area contributed by atoms with E-state index < -0.39 is 0 Å². The molecular formula is C13H11ClOS. The molecule has 2 rings (SSSR count). The molecule has 0 amide bonds. The van der Waals surface area contributed by atoms with E-state index in [0.29, 0.717) is 11.4 Å². The highest BCUT2D eigenvalue weighted by Crippen LogP contribution is 2.18. The monoisotopic (exact) mass is 250 g/mol. The van der Waals surface area contributed by atoms with E-state index >= 15 is 0 Å². The molecule has 0 saturated heterocycles. The molecule has 2 aromatic rings. The van der Waals surface area contributed by atoms with E-state index in [0.717, 1.165) is 16.7 Å². The third kappa shape index (κ3) is 2.52. The maximum atomic E-state index is 12.0. The molecule has 0 bridgehead atoms. The van der Waals surface area contributed by atoms with Crippen LogP contribution in [0.25, 0.3) is 0 Å². The van der Waals surface area contributed by atoms with Gasteiger partial charge in [-0.15, -0.1) is 0 Å². The lowest BCUT2D eigenvalue weighted by molar-refractivity contribution is 0.0992. The summed E-state index contributed by atoms with van der Waals surface area (Å²) in [5.41, 5.74) is 2.76. The molecule has 1 heterocycles. The number of aryl methyl sites for hydroxylation is 1. The summed E-state index contributed by atoms with van der Waals surface area (Å²) in [7, 11) is 0. The Morgan fingerprint density at radius 1 is 1.38 bits per heavy atom. The first-order chi connectivity index (χ1) is 7.66. The highest BCUT2D eigenvalue weighted by Gasteiger charge is 2.10. The maximum Gasteiger partial charge on any atom is 0.167 e. The summed E-state index contributed by atoms with van der Waals surface area (Å²) in [4.78, 5) is 12.0. The van der Waals surface area contributed by atoms with Gasteiger partial charge in [-0.05, 0) is 47.0 Å². The van der Waals surface area contributed by atoms with Crippen molar-refractivity contribution in [1.29, 1.82) is 0 Å². The van der Waals surface area contributed by atoms with E-state index in [-0.39, 0.29) is 5.78 Å². The average molecular weight is 251 g/mol. The van der Waals surface area contributed by atoms with Crippen molar-refractivity contribution >= 4 is 28.7 Å². The molecule has 0 aliphatic carbocycles. The lowest BCUT2D eigenvalue weighted by Crippen LogP contribution is -2.04. The fourth-order valence-corrected chi connectivity index (χ4v) is 2.41. The number of benzene rings is 1. The van der Waals surface area contributed by atoms with E-state index in [4.69, 9.17) is 11.6 Å². The normalized spacial score (nSPS) is 10.4. The summed E-state index contributed by atoms with van der Waals surface area (Å²) in [6.07, 6.45) is 0.449. The predicted molar refractivity (Wildman–Crippen MR) is 68.5 cm³/mol. The lowest BCUT2D eigenvalue weighted by atomic mass is 10.0. The number of hydrogen-bond donors (Lipinski definition) is 0. The van der Waals surface area contributed by atoms with Crippen LogP contribution in [-0.4, -0.2) is 5.78 Å². The molecule has 0 fully saturated rings. The Morgan fingerprint density at radius 2 is 2.19 bits per heavy atom. The average Bonchev–Trinajstić information content (AvgIpc) is 2.74. The lowest BCUT2D eigenvalue weighted by Gasteiger charge is -2.04. The van der Waals surface area contributed by atoms with Crippen molar-refractivity contribution in [2.24, 2.45) is 0 Å². The van der Waals surface area contributed by atoms with Crippen LogP contribution in [0.2, 0.25) is 5.02 Å². The van der Waals surface area contributed by atoms with E-state index in [1.165, 1.54) is 0 Å². The van der Waals surface area contributed by atoms with Crippen LogP contribution in [0.4, 0.5) is 0 Å². The van der Waals surface area contributed by atoms with Crippen LogP contribution in [-0.2, 0) is 6.42 Å². The van der Waals surface area contributed by atoms with Gasteiger partial charge in [-0.1, -0.05) is 17.7 Å². The van der Waals surface area contributed by atoms with Crippen molar-refractivity contribution in [3.05, 3.63) is 56.7 Å². The molecule has 1 aromatic heterocycles. The third-order valence-electron chi connectivity index (χ3n) is 2.44. The Labute approximate surface area is 104 Å². The molecule has 3 heteroatoms. The van der Waals surface area contributed by atoms with Crippen LogP contribution in [0.3, 0.4) is 0 Å². The van der Waals surface area contributed by atoms with Gasteiger partial charge in [-0.2, -0.15) is 11.3 Å². The van der Waals surface area contributed by atoms with Crippen molar-refractivity contribution in [2.45, 2.75) is 13.3 Å². The Hall–Kier alpha value is -1.12. The third-order valence-corrected chi connectivity index (χ3v) is 3.41. The summed E-state index contributed by atoms with van der Waals surface area (Å²) >= 11 is 7.50. The number of halogens is 1. The van der Waals surface area contributed by atoms with E-state index in [1.54, 1.807) is 23.5 Å². The molecule has 0 saturated carbocycles. The smallest absolute Gasteiger partial charge is 0.167 e.